The number of hydrogen-bond acceptors (Lipinski definition) is 3. The topological polar surface area (TPSA) is 37.1 Å². The molecule has 3 nitrogen and oxygen atoms in total. The Morgan fingerprint density at radius 3 is 2.55 bits per heavy atom. The second kappa shape index (κ2) is 4.44. The zero-order valence-corrected chi connectivity index (χ0v) is 6.45. The van der Waals surface area contributed by atoms with Crippen molar-refractivity contribution in [2.45, 2.75) is 0 Å². The van der Waals surface area contributed by atoms with Gasteiger partial charge in [-0.3, -0.25) is 0 Å². The Morgan fingerprint density at radius 1 is 1.18 bits per heavy atom. The molecule has 0 bridgehead atoms. The van der Waals surface area contributed by atoms with Crippen molar-refractivity contribution < 1.29 is 0 Å². The standard InChI is InChI=1S/C7H5N3S/c11-6-8-10-9-7-4-2-1-3-5-7/h1-5H. The Hall–Kier alpha value is -1.38. The maximum absolute atomic E-state index is 4.30. The molecule has 0 N–H and O–H groups in total. The lowest BCUT2D eigenvalue weighted by atomic mass is 10.3. The molecule has 0 saturated heterocycles. The zero-order valence-electron chi connectivity index (χ0n) is 5.64. The van der Waals surface area contributed by atoms with Crippen LogP contribution in [0.5, 0.6) is 0 Å². The average molecular weight is 163 g/mol. The van der Waals surface area contributed by atoms with Crippen LogP contribution in [0.25, 0.3) is 0 Å². The third kappa shape index (κ3) is 2.80. The van der Waals surface area contributed by atoms with E-state index in [-0.39, 0.29) is 0 Å². The number of benzene rings is 1. The molecule has 0 aliphatic carbocycles. The van der Waals surface area contributed by atoms with Gasteiger partial charge in [0.15, 0.2) is 0 Å². The summed E-state index contributed by atoms with van der Waals surface area (Å²) in [5.41, 5.74) is 0.751. The fourth-order valence-corrected chi connectivity index (χ4v) is 0.623. The second-order valence-corrected chi connectivity index (χ2v) is 1.90. The molecular formula is C7H5N3S. The normalized spacial score (nSPS) is 9.45. The summed E-state index contributed by atoms with van der Waals surface area (Å²) in [5.74, 6) is 0. The summed E-state index contributed by atoms with van der Waals surface area (Å²) < 4.78 is 0. The summed E-state index contributed by atoms with van der Waals surface area (Å²) in [5, 5.41) is 12.5. The van der Waals surface area contributed by atoms with Crippen molar-refractivity contribution in [1.82, 2.24) is 0 Å². The van der Waals surface area contributed by atoms with Crippen LogP contribution in [0.2, 0.25) is 0 Å². The van der Waals surface area contributed by atoms with Crippen LogP contribution < -0.4 is 0 Å². The number of hydrogen-bond donors (Lipinski definition) is 0. The SMILES string of the molecule is S=C=NN=Nc1ccccc1. The predicted octanol–water partition coefficient (Wildman–Crippen LogP) is 2.79. The molecule has 0 fully saturated rings. The first-order valence-electron chi connectivity index (χ1n) is 2.96. The molecule has 1 aromatic rings. The van der Waals surface area contributed by atoms with Gasteiger partial charge in [-0.1, -0.05) is 23.3 Å². The van der Waals surface area contributed by atoms with Crippen LogP contribution in [-0.4, -0.2) is 5.16 Å². The van der Waals surface area contributed by atoms with E-state index >= 15 is 0 Å². The molecule has 4 heteroatoms. The first-order chi connectivity index (χ1) is 5.43. The number of nitrogens with zero attached hydrogens (tertiary/aromatic N) is 3. The highest BCUT2D eigenvalue weighted by Gasteiger charge is 1.81. The summed E-state index contributed by atoms with van der Waals surface area (Å²) in [6.45, 7) is 0. The maximum Gasteiger partial charge on any atom is 0.0889 e. The third-order valence-electron chi connectivity index (χ3n) is 1.00. The predicted molar refractivity (Wildman–Crippen MR) is 46.0 cm³/mol. The van der Waals surface area contributed by atoms with Gasteiger partial charge in [0, 0.05) is 0 Å². The van der Waals surface area contributed by atoms with Crippen LogP contribution >= 0.6 is 12.2 Å². The van der Waals surface area contributed by atoms with E-state index in [1.165, 1.54) is 0 Å². The molecule has 0 aliphatic heterocycles. The minimum absolute atomic E-state index is 0.751. The van der Waals surface area contributed by atoms with Gasteiger partial charge in [-0.05, 0) is 29.6 Å². The first-order valence-corrected chi connectivity index (χ1v) is 3.37. The molecule has 54 valence electrons. The van der Waals surface area contributed by atoms with Gasteiger partial charge in [-0.25, -0.2) is 0 Å². The van der Waals surface area contributed by atoms with Crippen LogP contribution in [-0.2, 0) is 0 Å². The molecule has 0 aromatic heterocycles. The Kier molecular flexibility index (Phi) is 3.12. The summed E-state index contributed by atoms with van der Waals surface area (Å²) in [7, 11) is 0. The smallest absolute Gasteiger partial charge is 0.0889 e. The summed E-state index contributed by atoms with van der Waals surface area (Å²) >= 11 is 4.30. The van der Waals surface area contributed by atoms with Crippen LogP contribution in [0.3, 0.4) is 0 Å². The van der Waals surface area contributed by atoms with Crippen molar-refractivity contribution in [3.63, 3.8) is 0 Å². The molecule has 1 rings (SSSR count). The van der Waals surface area contributed by atoms with Gasteiger partial charge in [-0.2, -0.15) is 0 Å². The van der Waals surface area contributed by atoms with Gasteiger partial charge in [-0.15, -0.1) is 5.11 Å². The first kappa shape index (κ1) is 7.72. The highest BCUT2D eigenvalue weighted by atomic mass is 32.1. The van der Waals surface area contributed by atoms with Crippen molar-refractivity contribution in [3.05, 3.63) is 30.3 Å². The average Bonchev–Trinajstić information content (AvgIpc) is 2.07. The molecule has 0 spiro atoms. The van der Waals surface area contributed by atoms with E-state index in [9.17, 15) is 0 Å². The van der Waals surface area contributed by atoms with Gasteiger partial charge in [0.1, 0.15) is 0 Å². The van der Waals surface area contributed by atoms with E-state index in [2.05, 4.69) is 32.8 Å². The van der Waals surface area contributed by atoms with E-state index in [0.717, 1.165) is 5.69 Å². The molecule has 0 atom stereocenters. The Bertz CT molecular complexity index is 288. The monoisotopic (exact) mass is 163 g/mol. The lowest BCUT2D eigenvalue weighted by Gasteiger charge is -1.84. The Balaban J connectivity index is 2.72. The van der Waals surface area contributed by atoms with Gasteiger partial charge in [0.2, 0.25) is 0 Å². The molecule has 0 radical (unpaired) electrons. The quantitative estimate of drug-likeness (QED) is 0.286. The van der Waals surface area contributed by atoms with Gasteiger partial charge in [0.25, 0.3) is 0 Å². The minimum atomic E-state index is 0.751. The third-order valence-corrected chi connectivity index (χ3v) is 1.08. The highest BCUT2D eigenvalue weighted by Crippen LogP contribution is 2.09. The maximum atomic E-state index is 4.30. The number of isothiocyanates is 1. The van der Waals surface area contributed by atoms with Gasteiger partial charge >= 0.3 is 0 Å². The lowest BCUT2D eigenvalue weighted by molar-refractivity contribution is 1.07. The Morgan fingerprint density at radius 2 is 1.91 bits per heavy atom. The van der Waals surface area contributed by atoms with Crippen LogP contribution in [0.15, 0.2) is 45.8 Å². The second-order valence-electron chi connectivity index (χ2n) is 1.72. The van der Waals surface area contributed by atoms with E-state index in [0.29, 0.717) is 0 Å². The highest BCUT2D eigenvalue weighted by molar-refractivity contribution is 7.78. The molecule has 11 heavy (non-hydrogen) atoms. The van der Waals surface area contributed by atoms with Crippen molar-refractivity contribution in [2.24, 2.45) is 15.4 Å². The Labute approximate surface area is 69.5 Å². The van der Waals surface area contributed by atoms with E-state index in [4.69, 9.17) is 0 Å². The van der Waals surface area contributed by atoms with Gasteiger partial charge in [0.05, 0.1) is 10.8 Å². The molecule has 0 aliphatic rings. The van der Waals surface area contributed by atoms with Crippen molar-refractivity contribution >= 4 is 23.1 Å². The molecule has 0 heterocycles. The zero-order chi connectivity index (χ0) is 7.94. The van der Waals surface area contributed by atoms with Crippen molar-refractivity contribution in [1.29, 1.82) is 0 Å². The lowest BCUT2D eigenvalue weighted by Crippen LogP contribution is -1.58. The molecule has 1 aromatic carbocycles. The van der Waals surface area contributed by atoms with E-state index < -0.39 is 0 Å². The molecular weight excluding hydrogens is 158 g/mol. The molecule has 0 saturated carbocycles. The van der Waals surface area contributed by atoms with Gasteiger partial charge < -0.3 is 0 Å². The van der Waals surface area contributed by atoms with E-state index in [1.54, 1.807) is 0 Å². The van der Waals surface area contributed by atoms with Crippen molar-refractivity contribution in [3.8, 4) is 0 Å². The number of thiocarbonyl (C=S) groups is 1. The largest absolute Gasteiger partial charge is 0.130 e. The summed E-state index contributed by atoms with van der Waals surface area (Å²) in [4.78, 5) is 0. The minimum Gasteiger partial charge on any atom is -0.130 e. The fourth-order valence-electron chi connectivity index (χ4n) is 0.587. The van der Waals surface area contributed by atoms with Crippen LogP contribution in [0.4, 0.5) is 5.69 Å². The summed E-state index contributed by atoms with van der Waals surface area (Å²) in [6, 6.07) is 9.29. The molecule has 0 unspecified atom stereocenters. The number of rotatable bonds is 2. The fraction of sp³-hybridized carbons (Fsp3) is 0. The van der Waals surface area contributed by atoms with E-state index in [1.807, 2.05) is 30.3 Å². The van der Waals surface area contributed by atoms with Crippen LogP contribution in [0, 0.1) is 0 Å². The summed E-state index contributed by atoms with van der Waals surface area (Å²) in [6.07, 6.45) is 0. The molecule has 0 amide bonds. The van der Waals surface area contributed by atoms with Crippen molar-refractivity contribution in [2.75, 3.05) is 0 Å². The van der Waals surface area contributed by atoms with Crippen LogP contribution in [0.1, 0.15) is 0 Å².